The number of anilines is 1. The molecule has 66 valence electrons. The van der Waals surface area contributed by atoms with Crippen molar-refractivity contribution >= 4 is 11.7 Å². The van der Waals surface area contributed by atoms with Crippen LogP contribution >= 0.6 is 0 Å². The van der Waals surface area contributed by atoms with Crippen LogP contribution in [0.1, 0.15) is 23.8 Å². The Morgan fingerprint density at radius 2 is 2.50 bits per heavy atom. The van der Waals surface area contributed by atoms with Crippen LogP contribution < -0.4 is 5.73 Å². The molecule has 5 heteroatoms. The smallest absolute Gasteiger partial charge is 0.358 e. The van der Waals surface area contributed by atoms with E-state index >= 15 is 0 Å². The lowest BCUT2D eigenvalue weighted by molar-refractivity contribution is 0.0690. The molecular formula is C7H11N3O2. The lowest BCUT2D eigenvalue weighted by atomic mass is 10.4. The second-order valence-corrected chi connectivity index (χ2v) is 2.50. The van der Waals surface area contributed by atoms with E-state index in [2.05, 4.69) is 5.10 Å². The average molecular weight is 169 g/mol. The highest BCUT2D eigenvalue weighted by Gasteiger charge is 2.12. The van der Waals surface area contributed by atoms with E-state index in [-0.39, 0.29) is 11.4 Å². The molecule has 1 heterocycles. The Hall–Kier alpha value is -1.52. The lowest BCUT2D eigenvalue weighted by Gasteiger charge is -1.93. The Morgan fingerprint density at radius 1 is 1.83 bits per heavy atom. The molecule has 0 atom stereocenters. The normalized spacial score (nSPS) is 10.1. The molecule has 1 aromatic heterocycles. The standard InChI is InChI=1S/C7H11N3O2/c1-2-3-10-4-5(8)6(9-10)7(11)12/h4H,2-3,8H2,1H3,(H,11,12). The molecule has 0 amide bonds. The molecule has 1 rings (SSSR count). The first-order valence-electron chi connectivity index (χ1n) is 3.71. The fourth-order valence-electron chi connectivity index (χ4n) is 0.947. The lowest BCUT2D eigenvalue weighted by Crippen LogP contribution is -2.03. The molecule has 0 spiro atoms. The summed E-state index contributed by atoms with van der Waals surface area (Å²) in [6.45, 7) is 2.68. The third kappa shape index (κ3) is 1.55. The molecule has 0 unspecified atom stereocenters. The second kappa shape index (κ2) is 3.25. The number of carbonyl (C=O) groups is 1. The molecule has 0 saturated carbocycles. The van der Waals surface area contributed by atoms with Gasteiger partial charge in [-0.2, -0.15) is 5.10 Å². The summed E-state index contributed by atoms with van der Waals surface area (Å²) in [6, 6.07) is 0. The fraction of sp³-hybridized carbons (Fsp3) is 0.429. The van der Waals surface area contributed by atoms with Gasteiger partial charge in [0.25, 0.3) is 0 Å². The van der Waals surface area contributed by atoms with E-state index in [9.17, 15) is 4.79 Å². The van der Waals surface area contributed by atoms with Gasteiger partial charge in [0.2, 0.25) is 0 Å². The Labute approximate surface area is 69.8 Å². The topological polar surface area (TPSA) is 81.1 Å². The Kier molecular flexibility index (Phi) is 2.32. The number of nitrogens with two attached hydrogens (primary N) is 1. The van der Waals surface area contributed by atoms with Gasteiger partial charge in [-0.1, -0.05) is 6.92 Å². The molecule has 0 aliphatic rings. The summed E-state index contributed by atoms with van der Waals surface area (Å²) in [5, 5.41) is 12.4. The van der Waals surface area contributed by atoms with Crippen molar-refractivity contribution in [3.05, 3.63) is 11.9 Å². The molecule has 0 aromatic carbocycles. The van der Waals surface area contributed by atoms with Crippen molar-refractivity contribution in [2.75, 3.05) is 5.73 Å². The van der Waals surface area contributed by atoms with Crippen LogP contribution in [0.3, 0.4) is 0 Å². The highest BCUT2D eigenvalue weighted by molar-refractivity contribution is 5.91. The van der Waals surface area contributed by atoms with Crippen molar-refractivity contribution < 1.29 is 9.90 Å². The molecule has 0 saturated heterocycles. The third-order valence-electron chi connectivity index (χ3n) is 1.45. The summed E-state index contributed by atoms with van der Waals surface area (Å²) >= 11 is 0. The van der Waals surface area contributed by atoms with E-state index in [4.69, 9.17) is 10.8 Å². The predicted octanol–water partition coefficient (Wildman–Crippen LogP) is 0.573. The van der Waals surface area contributed by atoms with Crippen LogP contribution in [0.5, 0.6) is 0 Å². The van der Waals surface area contributed by atoms with Crippen molar-refractivity contribution in [3.8, 4) is 0 Å². The number of nitrogen functional groups attached to an aromatic ring is 1. The van der Waals surface area contributed by atoms with Gasteiger partial charge in [0.05, 0.1) is 5.69 Å². The first kappa shape index (κ1) is 8.58. The maximum atomic E-state index is 10.5. The first-order chi connectivity index (χ1) is 5.65. The quantitative estimate of drug-likeness (QED) is 0.693. The highest BCUT2D eigenvalue weighted by Crippen LogP contribution is 2.08. The van der Waals surface area contributed by atoms with Crippen molar-refractivity contribution in [2.24, 2.45) is 0 Å². The molecule has 0 aliphatic carbocycles. The van der Waals surface area contributed by atoms with Crippen molar-refractivity contribution in [1.29, 1.82) is 0 Å². The summed E-state index contributed by atoms with van der Waals surface area (Å²) in [5.41, 5.74) is 5.56. The molecular weight excluding hydrogens is 158 g/mol. The molecule has 1 aromatic rings. The van der Waals surface area contributed by atoms with Gasteiger partial charge in [-0.25, -0.2) is 4.79 Å². The maximum absolute atomic E-state index is 10.5. The van der Waals surface area contributed by atoms with Crippen LogP contribution in [0, 0.1) is 0 Å². The summed E-state index contributed by atoms with van der Waals surface area (Å²) in [6.07, 6.45) is 2.44. The zero-order valence-electron chi connectivity index (χ0n) is 6.82. The molecule has 0 fully saturated rings. The number of aromatic nitrogens is 2. The Bertz CT molecular complexity index is 293. The number of carboxylic acid groups (broad SMARTS) is 1. The van der Waals surface area contributed by atoms with Gasteiger partial charge >= 0.3 is 5.97 Å². The molecule has 0 bridgehead atoms. The Morgan fingerprint density at radius 3 is 2.92 bits per heavy atom. The number of hydrogen-bond acceptors (Lipinski definition) is 3. The zero-order valence-corrected chi connectivity index (χ0v) is 6.82. The summed E-state index contributed by atoms with van der Waals surface area (Å²) < 4.78 is 1.54. The minimum atomic E-state index is -1.08. The number of carboxylic acids is 1. The maximum Gasteiger partial charge on any atom is 0.358 e. The van der Waals surface area contributed by atoms with E-state index in [0.717, 1.165) is 6.42 Å². The largest absolute Gasteiger partial charge is 0.476 e. The van der Waals surface area contributed by atoms with Gasteiger partial charge in [-0.3, -0.25) is 4.68 Å². The zero-order chi connectivity index (χ0) is 9.14. The van der Waals surface area contributed by atoms with Crippen LogP contribution in [0.15, 0.2) is 6.20 Å². The van der Waals surface area contributed by atoms with Crippen molar-refractivity contribution in [2.45, 2.75) is 19.9 Å². The summed E-state index contributed by atoms with van der Waals surface area (Å²) in [5.74, 6) is -1.08. The van der Waals surface area contributed by atoms with Crippen LogP contribution in [-0.4, -0.2) is 20.9 Å². The Balaban J connectivity index is 2.92. The van der Waals surface area contributed by atoms with Crippen LogP contribution in [0.4, 0.5) is 5.69 Å². The molecule has 3 N–H and O–H groups in total. The van der Waals surface area contributed by atoms with E-state index in [0.29, 0.717) is 6.54 Å². The first-order valence-corrected chi connectivity index (χ1v) is 3.71. The number of rotatable bonds is 3. The minimum absolute atomic E-state index is 0.0662. The number of aromatic carboxylic acids is 1. The van der Waals surface area contributed by atoms with Gasteiger partial charge in [0.15, 0.2) is 5.69 Å². The van der Waals surface area contributed by atoms with Gasteiger partial charge in [0, 0.05) is 12.7 Å². The average Bonchev–Trinajstić information content (AvgIpc) is 2.32. The molecule has 0 aliphatic heterocycles. The van der Waals surface area contributed by atoms with Crippen molar-refractivity contribution in [1.82, 2.24) is 9.78 Å². The van der Waals surface area contributed by atoms with Gasteiger partial charge in [-0.05, 0) is 6.42 Å². The second-order valence-electron chi connectivity index (χ2n) is 2.50. The molecule has 12 heavy (non-hydrogen) atoms. The van der Waals surface area contributed by atoms with Crippen molar-refractivity contribution in [3.63, 3.8) is 0 Å². The summed E-state index contributed by atoms with van der Waals surface area (Å²) in [4.78, 5) is 10.5. The van der Waals surface area contributed by atoms with E-state index in [1.807, 2.05) is 6.92 Å². The third-order valence-corrected chi connectivity index (χ3v) is 1.45. The number of hydrogen-bond donors (Lipinski definition) is 2. The number of aryl methyl sites for hydroxylation is 1. The van der Waals surface area contributed by atoms with Gasteiger partial charge in [-0.15, -0.1) is 0 Å². The molecule has 0 radical (unpaired) electrons. The highest BCUT2D eigenvalue weighted by atomic mass is 16.4. The van der Waals surface area contributed by atoms with E-state index in [1.165, 1.54) is 6.20 Å². The number of nitrogens with zero attached hydrogens (tertiary/aromatic N) is 2. The predicted molar refractivity (Wildman–Crippen MR) is 43.9 cm³/mol. The van der Waals surface area contributed by atoms with Crippen LogP contribution in [-0.2, 0) is 6.54 Å². The SMILES string of the molecule is CCCn1cc(N)c(C(=O)O)n1. The van der Waals surface area contributed by atoms with Gasteiger partial charge in [0.1, 0.15) is 0 Å². The molecule has 5 nitrogen and oxygen atoms in total. The van der Waals surface area contributed by atoms with Gasteiger partial charge < -0.3 is 10.8 Å². The van der Waals surface area contributed by atoms with Crippen LogP contribution in [0.2, 0.25) is 0 Å². The van der Waals surface area contributed by atoms with E-state index in [1.54, 1.807) is 4.68 Å². The van der Waals surface area contributed by atoms with Crippen LogP contribution in [0.25, 0.3) is 0 Å². The monoisotopic (exact) mass is 169 g/mol. The summed E-state index contributed by atoms with van der Waals surface area (Å²) in [7, 11) is 0. The minimum Gasteiger partial charge on any atom is -0.476 e. The van der Waals surface area contributed by atoms with E-state index < -0.39 is 5.97 Å². The fourth-order valence-corrected chi connectivity index (χ4v) is 0.947.